The number of aliphatic hydroxyl groups is 3. The smallest absolute Gasteiger partial charge is 0.340 e. The molecule has 0 saturated carbocycles. The lowest BCUT2D eigenvalue weighted by Crippen LogP contribution is -2.49. The maximum atomic E-state index is 12.5. The molecule has 0 radical (unpaired) electrons. The number of fused-ring (bicyclic) bond motifs is 1. The van der Waals surface area contributed by atoms with Gasteiger partial charge in [0.25, 0.3) is 0 Å². The molecule has 1 aliphatic carbocycles. The maximum absolute atomic E-state index is 12.5. The van der Waals surface area contributed by atoms with Gasteiger partial charge in [-0.15, -0.1) is 0 Å². The third-order valence-electron chi connectivity index (χ3n) is 5.13. The maximum Gasteiger partial charge on any atom is 0.340 e. The predicted molar refractivity (Wildman–Crippen MR) is 97.4 cm³/mol. The van der Waals surface area contributed by atoms with Crippen molar-refractivity contribution in [3.63, 3.8) is 0 Å². The third-order valence-corrected chi connectivity index (χ3v) is 5.13. The van der Waals surface area contributed by atoms with Crippen LogP contribution < -0.4 is 0 Å². The van der Waals surface area contributed by atoms with Crippen LogP contribution in [0.25, 0.3) is 0 Å². The second-order valence-corrected chi connectivity index (χ2v) is 7.69. The van der Waals surface area contributed by atoms with Gasteiger partial charge in [0, 0.05) is 12.0 Å². The second-order valence-electron chi connectivity index (χ2n) is 7.69. The standard InChI is InChI=1S/C20H28O7/c1-10-6-14(22)7-11(2)9-16(27-19(24)20(5,25)13(4)21)17-12(3)18(23)26-15(17)8-10/h7-8,13-17,21-22,25H,3,6,9H2,1-2,4-5H3/b10-8-,11-7-/t13-,14-,15+,16+,17-,20-/m0/s1. The van der Waals surface area contributed by atoms with Crippen molar-refractivity contribution in [3.05, 3.63) is 35.5 Å². The van der Waals surface area contributed by atoms with E-state index < -0.39 is 47.9 Å². The molecular weight excluding hydrogens is 352 g/mol. The molecule has 7 nitrogen and oxygen atoms in total. The molecule has 1 fully saturated rings. The molecule has 150 valence electrons. The first kappa shape index (κ1) is 21.3. The SMILES string of the molecule is C=C1C(=O)O[C@@H]2/C=C(/C)C[C@H](O)/C=C(/C)C[C@@H](OC(=O)[C@@](C)(O)[C@H](C)O)[C@@H]12. The molecule has 7 heteroatoms. The van der Waals surface area contributed by atoms with Gasteiger partial charge in [-0.1, -0.05) is 23.8 Å². The Balaban J connectivity index is 2.42. The van der Waals surface area contributed by atoms with Crippen LogP contribution in [-0.4, -0.2) is 57.3 Å². The summed E-state index contributed by atoms with van der Waals surface area (Å²) in [6.07, 6.45) is 0.432. The van der Waals surface area contributed by atoms with E-state index in [4.69, 9.17) is 9.47 Å². The van der Waals surface area contributed by atoms with Crippen molar-refractivity contribution in [2.24, 2.45) is 5.92 Å². The molecule has 27 heavy (non-hydrogen) atoms. The minimum absolute atomic E-state index is 0.187. The van der Waals surface area contributed by atoms with E-state index in [0.29, 0.717) is 6.42 Å². The van der Waals surface area contributed by atoms with Crippen LogP contribution in [0.3, 0.4) is 0 Å². The monoisotopic (exact) mass is 380 g/mol. The van der Waals surface area contributed by atoms with Crippen molar-refractivity contribution >= 4 is 11.9 Å². The quantitative estimate of drug-likeness (QED) is 0.383. The van der Waals surface area contributed by atoms with Gasteiger partial charge in [0.15, 0.2) is 5.60 Å². The molecule has 1 aliphatic heterocycles. The molecule has 1 saturated heterocycles. The van der Waals surface area contributed by atoms with E-state index in [1.807, 2.05) is 6.92 Å². The average molecular weight is 380 g/mol. The van der Waals surface area contributed by atoms with Crippen LogP contribution in [0, 0.1) is 5.92 Å². The van der Waals surface area contributed by atoms with Crippen LogP contribution in [-0.2, 0) is 19.1 Å². The number of esters is 2. The number of hydrogen-bond donors (Lipinski definition) is 3. The Bertz CT molecular complexity index is 686. The summed E-state index contributed by atoms with van der Waals surface area (Å²) in [6, 6.07) is 0. The van der Waals surface area contributed by atoms with E-state index in [2.05, 4.69) is 6.58 Å². The van der Waals surface area contributed by atoms with Gasteiger partial charge in [-0.25, -0.2) is 9.59 Å². The summed E-state index contributed by atoms with van der Waals surface area (Å²) in [6.45, 7) is 9.84. The normalized spacial score (nSPS) is 36.3. The highest BCUT2D eigenvalue weighted by atomic mass is 16.6. The summed E-state index contributed by atoms with van der Waals surface area (Å²) >= 11 is 0. The Labute approximate surface area is 159 Å². The first-order valence-corrected chi connectivity index (χ1v) is 8.97. The Morgan fingerprint density at radius 3 is 2.52 bits per heavy atom. The highest BCUT2D eigenvalue weighted by Crippen LogP contribution is 2.36. The zero-order valence-corrected chi connectivity index (χ0v) is 16.1. The molecule has 0 unspecified atom stereocenters. The summed E-state index contributed by atoms with van der Waals surface area (Å²) in [5, 5.41) is 30.0. The highest BCUT2D eigenvalue weighted by Gasteiger charge is 2.47. The predicted octanol–water partition coefficient (Wildman–Crippen LogP) is 1.18. The molecule has 3 N–H and O–H groups in total. The number of aliphatic hydroxyl groups excluding tert-OH is 2. The molecule has 0 aromatic rings. The molecule has 0 aromatic heterocycles. The average Bonchev–Trinajstić information content (AvgIpc) is 2.79. The molecule has 0 spiro atoms. The Morgan fingerprint density at radius 1 is 1.33 bits per heavy atom. The van der Waals surface area contributed by atoms with E-state index in [-0.39, 0.29) is 12.0 Å². The van der Waals surface area contributed by atoms with Crippen molar-refractivity contribution < 1.29 is 34.4 Å². The number of carbonyl (C=O) groups excluding carboxylic acids is 2. The van der Waals surface area contributed by atoms with Crippen molar-refractivity contribution in [3.8, 4) is 0 Å². The van der Waals surface area contributed by atoms with Gasteiger partial charge in [0.2, 0.25) is 0 Å². The molecule has 2 rings (SSSR count). The molecule has 0 amide bonds. The molecule has 6 atom stereocenters. The Hall–Kier alpha value is -1.96. The minimum atomic E-state index is -2.10. The van der Waals surface area contributed by atoms with E-state index in [9.17, 15) is 24.9 Å². The van der Waals surface area contributed by atoms with Gasteiger partial charge in [0.1, 0.15) is 12.2 Å². The summed E-state index contributed by atoms with van der Waals surface area (Å²) < 4.78 is 10.9. The van der Waals surface area contributed by atoms with E-state index in [1.165, 1.54) is 13.8 Å². The summed E-state index contributed by atoms with van der Waals surface area (Å²) in [4.78, 5) is 24.5. The fraction of sp³-hybridized carbons (Fsp3) is 0.600. The first-order valence-electron chi connectivity index (χ1n) is 8.97. The lowest BCUT2D eigenvalue weighted by Gasteiger charge is -2.31. The van der Waals surface area contributed by atoms with Gasteiger partial charge >= 0.3 is 11.9 Å². The van der Waals surface area contributed by atoms with Crippen LogP contribution >= 0.6 is 0 Å². The summed E-state index contributed by atoms with van der Waals surface area (Å²) in [5.41, 5.74) is -0.324. The fourth-order valence-corrected chi connectivity index (χ4v) is 3.30. The number of rotatable bonds is 3. The topological polar surface area (TPSA) is 113 Å². The molecule has 0 aromatic carbocycles. The van der Waals surface area contributed by atoms with Crippen molar-refractivity contribution in [1.29, 1.82) is 0 Å². The van der Waals surface area contributed by atoms with E-state index in [0.717, 1.165) is 11.1 Å². The van der Waals surface area contributed by atoms with Crippen LogP contribution in [0.1, 0.15) is 40.5 Å². The summed E-state index contributed by atoms with van der Waals surface area (Å²) in [7, 11) is 0. The highest BCUT2D eigenvalue weighted by molar-refractivity contribution is 5.91. The van der Waals surface area contributed by atoms with Crippen LogP contribution in [0.4, 0.5) is 0 Å². The van der Waals surface area contributed by atoms with Gasteiger partial charge < -0.3 is 24.8 Å². The van der Waals surface area contributed by atoms with Gasteiger partial charge in [-0.05, 0) is 40.2 Å². The van der Waals surface area contributed by atoms with Gasteiger partial charge in [-0.3, -0.25) is 0 Å². The van der Waals surface area contributed by atoms with E-state index in [1.54, 1.807) is 19.1 Å². The van der Waals surface area contributed by atoms with Gasteiger partial charge in [0.05, 0.1) is 18.1 Å². The van der Waals surface area contributed by atoms with Crippen molar-refractivity contribution in [2.75, 3.05) is 0 Å². The van der Waals surface area contributed by atoms with Gasteiger partial charge in [-0.2, -0.15) is 0 Å². The zero-order chi connectivity index (χ0) is 20.5. The molecule has 2 aliphatic rings. The fourth-order valence-electron chi connectivity index (χ4n) is 3.30. The van der Waals surface area contributed by atoms with Crippen LogP contribution in [0.5, 0.6) is 0 Å². The van der Waals surface area contributed by atoms with Crippen molar-refractivity contribution in [1.82, 2.24) is 0 Å². The number of hydrogen-bond acceptors (Lipinski definition) is 7. The van der Waals surface area contributed by atoms with E-state index >= 15 is 0 Å². The molecular formula is C20H28O7. The Kier molecular flexibility index (Phi) is 6.29. The van der Waals surface area contributed by atoms with Crippen LogP contribution in [0.15, 0.2) is 35.5 Å². The minimum Gasteiger partial charge on any atom is -0.459 e. The lowest BCUT2D eigenvalue weighted by atomic mass is 9.85. The molecule has 0 bridgehead atoms. The number of ether oxygens (including phenoxy) is 2. The zero-order valence-electron chi connectivity index (χ0n) is 16.1. The number of carbonyl (C=O) groups is 2. The summed E-state index contributed by atoms with van der Waals surface area (Å²) in [5.74, 6) is -2.20. The Morgan fingerprint density at radius 2 is 1.93 bits per heavy atom. The third kappa shape index (κ3) is 4.66. The molecule has 1 heterocycles. The largest absolute Gasteiger partial charge is 0.459 e. The lowest BCUT2D eigenvalue weighted by molar-refractivity contribution is -0.182. The first-order chi connectivity index (χ1) is 12.4. The van der Waals surface area contributed by atoms with Crippen molar-refractivity contribution in [2.45, 2.75) is 70.6 Å². The van der Waals surface area contributed by atoms with Crippen LogP contribution in [0.2, 0.25) is 0 Å². The second kappa shape index (κ2) is 7.96.